The van der Waals surface area contributed by atoms with Crippen molar-refractivity contribution in [2.45, 2.75) is 31.6 Å². The van der Waals surface area contributed by atoms with E-state index < -0.39 is 26.6 Å². The first-order chi connectivity index (χ1) is 7.08. The minimum absolute atomic E-state index is 0.0491. The van der Waals surface area contributed by atoms with Gasteiger partial charge in [0.25, 0.3) is 0 Å². The van der Waals surface area contributed by atoms with Crippen molar-refractivity contribution in [2.75, 3.05) is 17.3 Å². The minimum Gasteiger partial charge on any atom is -0.480 e. The lowest BCUT2D eigenvalue weighted by molar-refractivity contribution is -0.137. The molecule has 5 nitrogen and oxygen atoms in total. The van der Waals surface area contributed by atoms with E-state index in [1.807, 2.05) is 0 Å². The average molecular weight is 269 g/mol. The van der Waals surface area contributed by atoms with Gasteiger partial charge in [0.05, 0.1) is 10.5 Å². The second-order valence-electron chi connectivity index (χ2n) is 4.45. The monoisotopic (exact) mass is 269 g/mol. The Balaban J connectivity index is 3.98. The molecule has 1 unspecified atom stereocenters. The smallest absolute Gasteiger partial charge is 0.321 e. The van der Waals surface area contributed by atoms with Crippen molar-refractivity contribution in [3.63, 3.8) is 0 Å². The third-order valence-electron chi connectivity index (χ3n) is 2.04. The first-order valence-corrected chi connectivity index (χ1v) is 7.67. The molecule has 0 heterocycles. The first kappa shape index (κ1) is 15.7. The van der Waals surface area contributed by atoms with Crippen molar-refractivity contribution < 1.29 is 18.3 Å². The first-order valence-electron chi connectivity index (χ1n) is 4.86. The van der Waals surface area contributed by atoms with Gasteiger partial charge in [-0.15, -0.1) is 0 Å². The third kappa shape index (κ3) is 5.18. The van der Waals surface area contributed by atoms with Gasteiger partial charge >= 0.3 is 5.97 Å². The number of carboxylic acids is 1. The van der Waals surface area contributed by atoms with E-state index in [1.54, 1.807) is 20.8 Å². The van der Waals surface area contributed by atoms with Crippen LogP contribution in [0.4, 0.5) is 0 Å². The molecule has 0 radical (unpaired) electrons. The van der Waals surface area contributed by atoms with Gasteiger partial charge in [-0.05, 0) is 20.8 Å². The summed E-state index contributed by atoms with van der Waals surface area (Å²) in [6, 6.07) is -0.928. The molecule has 0 bridgehead atoms. The summed E-state index contributed by atoms with van der Waals surface area (Å²) in [6.07, 6.45) is 0. The Morgan fingerprint density at radius 1 is 1.44 bits per heavy atom. The standard InChI is InChI=1S/C9H19NO4S2/c1-9(2,3)16(13,14)5-4-15-6-7(10)8(11)12/h7H,4-6,10H2,1-3H3,(H,11,12). The summed E-state index contributed by atoms with van der Waals surface area (Å²) in [5, 5.41) is 8.51. The van der Waals surface area contributed by atoms with Crippen LogP contribution in [0.15, 0.2) is 0 Å². The van der Waals surface area contributed by atoms with Crippen LogP contribution in [0.1, 0.15) is 20.8 Å². The molecule has 0 aliphatic rings. The molecule has 0 aromatic rings. The van der Waals surface area contributed by atoms with Gasteiger partial charge in [-0.25, -0.2) is 8.42 Å². The van der Waals surface area contributed by atoms with E-state index in [4.69, 9.17) is 10.8 Å². The zero-order chi connectivity index (χ0) is 13.0. The highest BCUT2D eigenvalue weighted by Gasteiger charge is 2.28. The fraction of sp³-hybridized carbons (Fsp3) is 0.889. The van der Waals surface area contributed by atoms with E-state index in [9.17, 15) is 13.2 Å². The Kier molecular flexibility index (Phi) is 5.78. The molecule has 0 fully saturated rings. The molecule has 0 spiro atoms. The van der Waals surface area contributed by atoms with Crippen LogP contribution in [-0.4, -0.2) is 47.5 Å². The summed E-state index contributed by atoms with van der Waals surface area (Å²) in [6.45, 7) is 4.95. The van der Waals surface area contributed by atoms with Gasteiger partial charge in [0.15, 0.2) is 9.84 Å². The van der Waals surface area contributed by atoms with Crippen LogP contribution in [0, 0.1) is 0 Å². The van der Waals surface area contributed by atoms with E-state index in [0.717, 1.165) is 0 Å². The Hall–Kier alpha value is -0.270. The number of thioether (sulfide) groups is 1. The Morgan fingerprint density at radius 2 is 1.94 bits per heavy atom. The molecule has 0 amide bonds. The van der Waals surface area contributed by atoms with E-state index in [-0.39, 0.29) is 11.5 Å². The molecule has 0 aromatic heterocycles. The zero-order valence-electron chi connectivity index (χ0n) is 9.76. The van der Waals surface area contributed by atoms with Crippen LogP contribution in [0.3, 0.4) is 0 Å². The molecule has 3 N–H and O–H groups in total. The van der Waals surface area contributed by atoms with Crippen molar-refractivity contribution in [2.24, 2.45) is 5.73 Å². The molecular formula is C9H19NO4S2. The van der Waals surface area contributed by atoms with Gasteiger partial charge in [-0.1, -0.05) is 0 Å². The van der Waals surface area contributed by atoms with E-state index in [1.165, 1.54) is 11.8 Å². The summed E-state index contributed by atoms with van der Waals surface area (Å²) >= 11 is 1.25. The molecule has 0 aliphatic carbocycles. The van der Waals surface area contributed by atoms with Crippen LogP contribution in [0.2, 0.25) is 0 Å². The van der Waals surface area contributed by atoms with E-state index in [0.29, 0.717) is 5.75 Å². The largest absolute Gasteiger partial charge is 0.480 e. The summed E-state index contributed by atoms with van der Waals surface area (Å²) < 4.78 is 22.6. The van der Waals surface area contributed by atoms with Crippen LogP contribution >= 0.6 is 11.8 Å². The van der Waals surface area contributed by atoms with Gasteiger partial charge in [0, 0.05) is 11.5 Å². The SMILES string of the molecule is CC(C)(C)S(=O)(=O)CCSCC(N)C(=O)O. The van der Waals surface area contributed by atoms with Crippen LogP contribution in [-0.2, 0) is 14.6 Å². The van der Waals surface area contributed by atoms with Crippen molar-refractivity contribution in [3.05, 3.63) is 0 Å². The Bertz CT molecular complexity index is 332. The topological polar surface area (TPSA) is 97.5 Å². The highest BCUT2D eigenvalue weighted by atomic mass is 32.2. The lowest BCUT2D eigenvalue weighted by Crippen LogP contribution is -2.34. The quantitative estimate of drug-likeness (QED) is 0.675. The second-order valence-corrected chi connectivity index (χ2v) is 8.46. The molecule has 1 atom stereocenters. The molecule has 0 saturated heterocycles. The molecular weight excluding hydrogens is 250 g/mol. The highest BCUT2D eigenvalue weighted by Crippen LogP contribution is 2.17. The molecule has 0 aromatic carbocycles. The van der Waals surface area contributed by atoms with Crippen LogP contribution in [0.5, 0.6) is 0 Å². The summed E-state index contributed by atoms with van der Waals surface area (Å²) in [4.78, 5) is 10.4. The van der Waals surface area contributed by atoms with E-state index >= 15 is 0 Å². The number of carbonyl (C=O) groups is 1. The molecule has 0 rings (SSSR count). The fourth-order valence-corrected chi connectivity index (χ4v) is 3.28. The Morgan fingerprint density at radius 3 is 2.31 bits per heavy atom. The third-order valence-corrected chi connectivity index (χ3v) is 6.00. The highest BCUT2D eigenvalue weighted by molar-refractivity contribution is 8.00. The van der Waals surface area contributed by atoms with Gasteiger partial charge in [0.1, 0.15) is 6.04 Å². The molecule has 7 heteroatoms. The summed E-state index contributed by atoms with van der Waals surface area (Å²) in [7, 11) is -3.13. The maximum absolute atomic E-state index is 11.7. The van der Waals surface area contributed by atoms with Gasteiger partial charge in [-0.3, -0.25) is 4.79 Å². The predicted octanol–water partition coefficient (Wildman–Crippen LogP) is 0.345. The van der Waals surface area contributed by atoms with Crippen molar-refractivity contribution in [3.8, 4) is 0 Å². The van der Waals surface area contributed by atoms with Crippen LogP contribution < -0.4 is 5.73 Å². The van der Waals surface area contributed by atoms with Gasteiger partial charge < -0.3 is 10.8 Å². The number of nitrogens with two attached hydrogens (primary N) is 1. The van der Waals surface area contributed by atoms with Crippen molar-refractivity contribution in [1.82, 2.24) is 0 Å². The number of aliphatic carboxylic acids is 1. The summed E-state index contributed by atoms with van der Waals surface area (Å²) in [5.41, 5.74) is 5.28. The van der Waals surface area contributed by atoms with Gasteiger partial charge in [-0.2, -0.15) is 11.8 Å². The lowest BCUT2D eigenvalue weighted by atomic mass is 10.3. The van der Waals surface area contributed by atoms with Crippen LogP contribution in [0.25, 0.3) is 0 Å². The average Bonchev–Trinajstić information content (AvgIpc) is 2.09. The van der Waals surface area contributed by atoms with Crippen molar-refractivity contribution >= 4 is 27.6 Å². The van der Waals surface area contributed by atoms with Crippen molar-refractivity contribution in [1.29, 1.82) is 0 Å². The fourth-order valence-electron chi connectivity index (χ4n) is 0.756. The van der Waals surface area contributed by atoms with Gasteiger partial charge in [0.2, 0.25) is 0 Å². The molecule has 96 valence electrons. The zero-order valence-corrected chi connectivity index (χ0v) is 11.4. The maximum atomic E-state index is 11.7. The normalized spacial score (nSPS) is 14.8. The number of hydrogen-bond acceptors (Lipinski definition) is 5. The second kappa shape index (κ2) is 5.88. The number of hydrogen-bond donors (Lipinski definition) is 2. The van der Waals surface area contributed by atoms with E-state index in [2.05, 4.69) is 0 Å². The summed E-state index contributed by atoms with van der Waals surface area (Å²) in [5.74, 6) is -0.408. The predicted molar refractivity (Wildman–Crippen MR) is 66.5 cm³/mol. The number of sulfone groups is 1. The number of carboxylic acid groups (broad SMARTS) is 1. The minimum atomic E-state index is -3.13. The molecule has 0 aliphatic heterocycles. The number of rotatable bonds is 6. The Labute approximate surface area is 101 Å². The molecule has 16 heavy (non-hydrogen) atoms. The maximum Gasteiger partial charge on any atom is 0.321 e. The lowest BCUT2D eigenvalue weighted by Gasteiger charge is -2.18. The molecule has 0 saturated carbocycles.